The van der Waals surface area contributed by atoms with Gasteiger partial charge in [-0.25, -0.2) is 4.90 Å². The van der Waals surface area contributed by atoms with E-state index >= 15 is 0 Å². The Morgan fingerprint density at radius 3 is 2.66 bits per heavy atom. The molecular weight excluding hydrogens is 376 g/mol. The second-order valence-electron chi connectivity index (χ2n) is 7.51. The summed E-state index contributed by atoms with van der Waals surface area (Å²) in [7, 11) is 0. The number of nitro groups is 1. The van der Waals surface area contributed by atoms with E-state index in [0.717, 1.165) is 4.90 Å². The summed E-state index contributed by atoms with van der Waals surface area (Å²) in [5.74, 6) is -2.99. The summed E-state index contributed by atoms with van der Waals surface area (Å²) < 4.78 is 0. The molecule has 3 aliphatic rings. The zero-order valence-electron chi connectivity index (χ0n) is 15.3. The fourth-order valence-electron chi connectivity index (χ4n) is 4.75. The molecular formula is C20H16N4O5. The first-order chi connectivity index (χ1) is 13.9. The fraction of sp³-hybridized carbons (Fsp3) is 0.250. The Hall–Kier alpha value is -3.59. The van der Waals surface area contributed by atoms with Gasteiger partial charge in [-0.15, -0.1) is 0 Å². The molecule has 146 valence electrons. The molecule has 0 unspecified atom stereocenters. The highest BCUT2D eigenvalue weighted by Crippen LogP contribution is 2.51. The Morgan fingerprint density at radius 2 is 1.90 bits per heavy atom. The van der Waals surface area contributed by atoms with E-state index in [-0.39, 0.29) is 23.8 Å². The summed E-state index contributed by atoms with van der Waals surface area (Å²) >= 11 is 0. The minimum Gasteiger partial charge on any atom is -0.324 e. The highest BCUT2D eigenvalue weighted by molar-refractivity contribution is 6.26. The smallest absolute Gasteiger partial charge is 0.271 e. The third-order valence-electron chi connectivity index (χ3n) is 6.10. The van der Waals surface area contributed by atoms with Gasteiger partial charge in [0.05, 0.1) is 22.4 Å². The van der Waals surface area contributed by atoms with E-state index in [9.17, 15) is 24.5 Å². The van der Waals surface area contributed by atoms with Crippen molar-refractivity contribution in [3.63, 3.8) is 0 Å². The maximum atomic E-state index is 13.5. The van der Waals surface area contributed by atoms with Crippen molar-refractivity contribution in [2.45, 2.75) is 12.5 Å². The van der Waals surface area contributed by atoms with Gasteiger partial charge in [-0.3, -0.25) is 29.8 Å². The predicted molar refractivity (Wildman–Crippen MR) is 102 cm³/mol. The van der Waals surface area contributed by atoms with Gasteiger partial charge >= 0.3 is 0 Å². The van der Waals surface area contributed by atoms with Gasteiger partial charge in [0.15, 0.2) is 0 Å². The van der Waals surface area contributed by atoms with Gasteiger partial charge in [-0.1, -0.05) is 24.3 Å². The molecule has 2 fully saturated rings. The number of anilines is 2. The number of para-hydroxylation sites is 1. The van der Waals surface area contributed by atoms with Gasteiger partial charge in [0.2, 0.25) is 17.7 Å². The van der Waals surface area contributed by atoms with Crippen LogP contribution in [0, 0.1) is 28.9 Å². The lowest BCUT2D eigenvalue weighted by Gasteiger charge is -2.28. The fourth-order valence-corrected chi connectivity index (χ4v) is 4.75. The maximum absolute atomic E-state index is 13.5. The molecule has 3 heterocycles. The van der Waals surface area contributed by atoms with Crippen LogP contribution in [0.5, 0.6) is 0 Å². The lowest BCUT2D eigenvalue weighted by molar-refractivity contribution is -0.384. The van der Waals surface area contributed by atoms with Crippen LogP contribution in [0.1, 0.15) is 11.1 Å². The van der Waals surface area contributed by atoms with E-state index < -0.39 is 34.1 Å². The first-order valence-corrected chi connectivity index (χ1v) is 9.15. The van der Waals surface area contributed by atoms with Gasteiger partial charge in [-0.2, -0.15) is 0 Å². The van der Waals surface area contributed by atoms with Gasteiger partial charge < -0.3 is 5.32 Å². The molecule has 2 aromatic rings. The Kier molecular flexibility index (Phi) is 3.45. The molecule has 0 aliphatic carbocycles. The molecule has 3 amide bonds. The van der Waals surface area contributed by atoms with Crippen LogP contribution < -0.4 is 15.5 Å². The quantitative estimate of drug-likeness (QED) is 0.453. The zero-order chi connectivity index (χ0) is 20.5. The number of aryl methyl sites for hydroxylation is 1. The molecule has 9 heteroatoms. The number of nitrogens with one attached hydrogen (secondary N) is 2. The van der Waals surface area contributed by atoms with Crippen molar-refractivity contribution in [2.24, 2.45) is 11.8 Å². The predicted octanol–water partition coefficient (Wildman–Crippen LogP) is 1.46. The minimum atomic E-state index is -1.32. The molecule has 3 aliphatic heterocycles. The third-order valence-corrected chi connectivity index (χ3v) is 6.10. The molecule has 0 radical (unpaired) electrons. The Balaban J connectivity index is 1.63. The summed E-state index contributed by atoms with van der Waals surface area (Å²) in [5, 5.41) is 17.1. The van der Waals surface area contributed by atoms with Gasteiger partial charge in [0.1, 0.15) is 5.54 Å². The number of nitro benzene ring substituents is 1. The zero-order valence-corrected chi connectivity index (χ0v) is 15.3. The van der Waals surface area contributed by atoms with E-state index in [0.29, 0.717) is 16.8 Å². The summed E-state index contributed by atoms with van der Waals surface area (Å²) in [5.41, 5.74) is 0.463. The highest BCUT2D eigenvalue weighted by Gasteiger charge is 2.67. The van der Waals surface area contributed by atoms with Crippen molar-refractivity contribution in [3.05, 3.63) is 63.7 Å². The van der Waals surface area contributed by atoms with E-state index in [1.54, 1.807) is 31.2 Å². The molecule has 0 saturated carbocycles. The molecule has 1 spiro atoms. The van der Waals surface area contributed by atoms with Crippen LogP contribution in [0.15, 0.2) is 42.5 Å². The van der Waals surface area contributed by atoms with Crippen molar-refractivity contribution >= 4 is 34.8 Å². The Labute approximate surface area is 164 Å². The summed E-state index contributed by atoms with van der Waals surface area (Å²) in [6.45, 7) is 1.85. The van der Waals surface area contributed by atoms with E-state index in [4.69, 9.17) is 0 Å². The number of imide groups is 1. The molecule has 3 atom stereocenters. The second-order valence-corrected chi connectivity index (χ2v) is 7.51. The number of carbonyl (C=O) groups excluding carboxylic acids is 3. The molecule has 0 bridgehead atoms. The number of hydrogen-bond acceptors (Lipinski definition) is 6. The molecule has 2 aromatic carbocycles. The van der Waals surface area contributed by atoms with Crippen LogP contribution >= 0.6 is 0 Å². The van der Waals surface area contributed by atoms with Crippen LogP contribution in [0.3, 0.4) is 0 Å². The van der Waals surface area contributed by atoms with Crippen molar-refractivity contribution in [1.29, 1.82) is 0 Å². The molecule has 5 rings (SSSR count). The summed E-state index contributed by atoms with van der Waals surface area (Å²) in [6.07, 6.45) is 0. The van der Waals surface area contributed by atoms with Crippen molar-refractivity contribution < 1.29 is 19.3 Å². The summed E-state index contributed by atoms with van der Waals surface area (Å²) in [6, 6.07) is 11.1. The van der Waals surface area contributed by atoms with Gasteiger partial charge in [0, 0.05) is 29.9 Å². The molecule has 0 aromatic heterocycles. The van der Waals surface area contributed by atoms with E-state index in [2.05, 4.69) is 10.6 Å². The Morgan fingerprint density at radius 1 is 1.14 bits per heavy atom. The van der Waals surface area contributed by atoms with Crippen LogP contribution in [-0.4, -0.2) is 29.2 Å². The van der Waals surface area contributed by atoms with E-state index in [1.807, 2.05) is 0 Å². The monoisotopic (exact) mass is 392 g/mol. The molecule has 9 nitrogen and oxygen atoms in total. The number of nitrogens with zero attached hydrogens (tertiary/aromatic N) is 2. The lowest BCUT2D eigenvalue weighted by atomic mass is 9.77. The number of amides is 3. The molecule has 29 heavy (non-hydrogen) atoms. The summed E-state index contributed by atoms with van der Waals surface area (Å²) in [4.78, 5) is 51.2. The number of non-ortho nitro benzene ring substituents is 1. The number of rotatable bonds is 2. The lowest BCUT2D eigenvalue weighted by Crippen LogP contribution is -2.51. The standard InChI is InChI=1S/C20H16N4O5/c1-10-6-7-11(24(28)29)8-15(10)23-17(25)12-9-21-20(16(12)18(23)26)13-4-2-3-5-14(13)22-19(20)27/h2-8,12,16,21H,9H2,1H3,(H,22,27)/t12-,16-,20-/m0/s1. The van der Waals surface area contributed by atoms with Crippen LogP contribution in [0.25, 0.3) is 0 Å². The SMILES string of the molecule is Cc1ccc([N+](=O)[O-])cc1N1C(=O)[C@H]2CN[C@]3(C(=O)Nc4ccccc43)[C@@H]2C1=O. The topological polar surface area (TPSA) is 122 Å². The minimum absolute atomic E-state index is 0.168. The van der Waals surface area contributed by atoms with Crippen LogP contribution in [-0.2, 0) is 19.9 Å². The second kappa shape index (κ2) is 5.71. The van der Waals surface area contributed by atoms with Crippen molar-refractivity contribution in [3.8, 4) is 0 Å². The molecule has 2 saturated heterocycles. The average Bonchev–Trinajstić information content (AvgIpc) is 3.30. The third kappa shape index (κ3) is 2.10. The number of carbonyl (C=O) groups is 3. The highest BCUT2D eigenvalue weighted by atomic mass is 16.6. The van der Waals surface area contributed by atoms with Crippen molar-refractivity contribution in [1.82, 2.24) is 5.32 Å². The van der Waals surface area contributed by atoms with Crippen LogP contribution in [0.4, 0.5) is 17.1 Å². The largest absolute Gasteiger partial charge is 0.324 e. The normalized spacial score (nSPS) is 27.3. The van der Waals surface area contributed by atoms with Gasteiger partial charge in [-0.05, 0) is 18.6 Å². The number of benzene rings is 2. The van der Waals surface area contributed by atoms with Crippen LogP contribution in [0.2, 0.25) is 0 Å². The first kappa shape index (κ1) is 17.5. The van der Waals surface area contributed by atoms with Crippen molar-refractivity contribution in [2.75, 3.05) is 16.8 Å². The van der Waals surface area contributed by atoms with Gasteiger partial charge in [0.25, 0.3) is 5.69 Å². The maximum Gasteiger partial charge on any atom is 0.271 e. The van der Waals surface area contributed by atoms with E-state index in [1.165, 1.54) is 18.2 Å². The number of fused-ring (bicyclic) bond motifs is 4. The Bertz CT molecular complexity index is 1130. The average molecular weight is 392 g/mol. The molecule has 2 N–H and O–H groups in total. The first-order valence-electron chi connectivity index (χ1n) is 9.15. The number of hydrogen-bond donors (Lipinski definition) is 2.